The smallest absolute Gasteiger partial charge is 0.222 e. The maximum absolute atomic E-state index is 12.2. The zero-order chi connectivity index (χ0) is 17.8. The molecule has 1 aliphatic rings. The molecule has 3 heterocycles. The van der Waals surface area contributed by atoms with Gasteiger partial charge in [0.2, 0.25) is 5.91 Å². The van der Waals surface area contributed by atoms with E-state index in [-0.39, 0.29) is 5.91 Å². The number of thiophene rings is 1. The number of anilines is 1. The highest BCUT2D eigenvalue weighted by Crippen LogP contribution is 2.26. The van der Waals surface area contributed by atoms with E-state index in [1.165, 1.54) is 0 Å². The van der Waals surface area contributed by atoms with Gasteiger partial charge in [0.15, 0.2) is 5.82 Å². The van der Waals surface area contributed by atoms with Gasteiger partial charge in [0.25, 0.3) is 0 Å². The molecule has 1 saturated heterocycles. The normalized spacial score (nSPS) is 15.2. The molecule has 0 radical (unpaired) electrons. The Kier molecular flexibility index (Phi) is 5.11. The minimum Gasteiger partial charge on any atom is -0.368 e. The van der Waals surface area contributed by atoms with Crippen LogP contribution in [0.2, 0.25) is 0 Å². The fraction of sp³-hybridized carbons (Fsp3) is 0.350. The van der Waals surface area contributed by atoms with Crippen molar-refractivity contribution in [1.29, 1.82) is 0 Å². The highest BCUT2D eigenvalue weighted by Gasteiger charge is 2.16. The first kappa shape index (κ1) is 17.0. The van der Waals surface area contributed by atoms with E-state index in [4.69, 9.17) is 9.97 Å². The molecule has 6 heteroatoms. The third-order valence-electron chi connectivity index (χ3n) is 4.73. The van der Waals surface area contributed by atoms with Gasteiger partial charge in [-0.1, -0.05) is 18.6 Å². The van der Waals surface area contributed by atoms with Crippen LogP contribution in [0, 0.1) is 0 Å². The maximum Gasteiger partial charge on any atom is 0.222 e. The van der Waals surface area contributed by atoms with E-state index in [1.54, 1.807) is 11.3 Å². The molecule has 0 bridgehead atoms. The fourth-order valence-electron chi connectivity index (χ4n) is 3.32. The minimum absolute atomic E-state index is 0.274. The number of para-hydroxylation sites is 1. The predicted molar refractivity (Wildman–Crippen MR) is 106 cm³/mol. The molecule has 5 nitrogen and oxygen atoms in total. The number of carbonyl (C=O) groups is 1. The average Bonchev–Trinajstić information content (AvgIpc) is 3.13. The van der Waals surface area contributed by atoms with E-state index in [1.807, 2.05) is 40.6 Å². The molecule has 0 spiro atoms. The summed E-state index contributed by atoms with van der Waals surface area (Å²) in [6.07, 6.45) is 3.95. The number of fused-ring (bicyclic) bond motifs is 1. The molecule has 0 unspecified atom stereocenters. The van der Waals surface area contributed by atoms with E-state index in [2.05, 4.69) is 10.7 Å². The molecule has 3 aromatic rings. The third kappa shape index (κ3) is 3.70. The van der Waals surface area contributed by atoms with Crippen LogP contribution in [-0.2, 0) is 4.79 Å². The maximum atomic E-state index is 12.2. The summed E-state index contributed by atoms with van der Waals surface area (Å²) in [5.74, 6) is 1.84. The number of amides is 1. The van der Waals surface area contributed by atoms with Crippen molar-refractivity contribution in [2.45, 2.75) is 25.7 Å². The second-order valence-electron chi connectivity index (χ2n) is 6.54. The van der Waals surface area contributed by atoms with E-state index in [9.17, 15) is 4.79 Å². The first-order chi connectivity index (χ1) is 12.8. The molecule has 0 aliphatic carbocycles. The van der Waals surface area contributed by atoms with E-state index in [0.717, 1.165) is 53.9 Å². The van der Waals surface area contributed by atoms with E-state index in [0.29, 0.717) is 19.5 Å². The van der Waals surface area contributed by atoms with Crippen molar-refractivity contribution in [2.75, 3.05) is 25.0 Å². The van der Waals surface area contributed by atoms with Crippen LogP contribution in [0.3, 0.4) is 0 Å². The number of likely N-dealkylation sites (tertiary alicyclic amines) is 1. The Balaban J connectivity index is 1.54. The van der Waals surface area contributed by atoms with Crippen molar-refractivity contribution in [2.24, 2.45) is 0 Å². The SMILES string of the molecule is O=C1CCCCCN1CCNc1nc(-c2ccsc2)nc2ccccc12. The van der Waals surface area contributed by atoms with Crippen molar-refractivity contribution < 1.29 is 4.79 Å². The summed E-state index contributed by atoms with van der Waals surface area (Å²) in [4.78, 5) is 23.6. The largest absolute Gasteiger partial charge is 0.368 e. The van der Waals surface area contributed by atoms with Gasteiger partial charge in [0, 0.05) is 42.4 Å². The Morgan fingerprint density at radius 3 is 2.92 bits per heavy atom. The number of benzene rings is 1. The molecule has 134 valence electrons. The lowest BCUT2D eigenvalue weighted by Crippen LogP contribution is -2.34. The molecule has 1 fully saturated rings. The van der Waals surface area contributed by atoms with E-state index < -0.39 is 0 Å². The number of nitrogens with zero attached hydrogens (tertiary/aromatic N) is 3. The van der Waals surface area contributed by atoms with Crippen molar-refractivity contribution >= 4 is 34.0 Å². The second kappa shape index (κ2) is 7.83. The molecule has 2 aromatic heterocycles. The number of nitrogens with one attached hydrogen (secondary N) is 1. The molecule has 26 heavy (non-hydrogen) atoms. The number of aromatic nitrogens is 2. The van der Waals surface area contributed by atoms with Crippen LogP contribution in [0.15, 0.2) is 41.1 Å². The zero-order valence-corrected chi connectivity index (χ0v) is 15.5. The van der Waals surface area contributed by atoms with Crippen LogP contribution >= 0.6 is 11.3 Å². The lowest BCUT2D eigenvalue weighted by Gasteiger charge is -2.21. The Hall–Kier alpha value is -2.47. The van der Waals surface area contributed by atoms with Gasteiger partial charge in [-0.05, 0) is 36.4 Å². The third-order valence-corrected chi connectivity index (χ3v) is 5.41. The molecular formula is C20H22N4OS. The minimum atomic E-state index is 0.274. The van der Waals surface area contributed by atoms with Gasteiger partial charge < -0.3 is 10.2 Å². The standard InChI is InChI=1S/C20H22N4OS/c25-18-8-2-1-5-11-24(18)12-10-21-20-16-6-3-4-7-17(16)22-19(23-20)15-9-13-26-14-15/h3-4,6-7,9,13-14H,1-2,5,8,10-12H2,(H,21,22,23). The summed E-state index contributed by atoms with van der Waals surface area (Å²) in [5.41, 5.74) is 1.96. The fourth-order valence-corrected chi connectivity index (χ4v) is 3.95. The molecule has 0 atom stereocenters. The second-order valence-corrected chi connectivity index (χ2v) is 7.32. The number of rotatable bonds is 5. The van der Waals surface area contributed by atoms with Gasteiger partial charge >= 0.3 is 0 Å². The van der Waals surface area contributed by atoms with Gasteiger partial charge in [-0.2, -0.15) is 11.3 Å². The predicted octanol–water partition coefficient (Wildman–Crippen LogP) is 4.17. The van der Waals surface area contributed by atoms with Gasteiger partial charge in [-0.3, -0.25) is 4.79 Å². The Morgan fingerprint density at radius 2 is 2.04 bits per heavy atom. The van der Waals surface area contributed by atoms with Gasteiger partial charge in [-0.15, -0.1) is 0 Å². The quantitative estimate of drug-likeness (QED) is 0.736. The Labute approximate surface area is 157 Å². The highest BCUT2D eigenvalue weighted by molar-refractivity contribution is 7.08. The van der Waals surface area contributed by atoms with Crippen molar-refractivity contribution in [3.63, 3.8) is 0 Å². The molecule has 0 saturated carbocycles. The van der Waals surface area contributed by atoms with Crippen molar-refractivity contribution in [1.82, 2.24) is 14.9 Å². The van der Waals surface area contributed by atoms with Gasteiger partial charge in [-0.25, -0.2) is 9.97 Å². The van der Waals surface area contributed by atoms with Crippen LogP contribution < -0.4 is 5.32 Å². The van der Waals surface area contributed by atoms with E-state index >= 15 is 0 Å². The summed E-state index contributed by atoms with van der Waals surface area (Å²) in [7, 11) is 0. The molecule has 1 N–H and O–H groups in total. The summed E-state index contributed by atoms with van der Waals surface area (Å²) in [6.45, 7) is 2.27. The topological polar surface area (TPSA) is 58.1 Å². The van der Waals surface area contributed by atoms with Crippen molar-refractivity contribution in [3.05, 3.63) is 41.1 Å². The van der Waals surface area contributed by atoms with Gasteiger partial charge in [0.05, 0.1) is 5.52 Å². The summed E-state index contributed by atoms with van der Waals surface area (Å²) < 4.78 is 0. The molecule has 1 aliphatic heterocycles. The molecule has 1 amide bonds. The molecule has 4 rings (SSSR count). The summed E-state index contributed by atoms with van der Waals surface area (Å²) in [5, 5.41) is 8.54. The van der Waals surface area contributed by atoms with Crippen LogP contribution in [0.4, 0.5) is 5.82 Å². The number of hydrogen-bond acceptors (Lipinski definition) is 5. The van der Waals surface area contributed by atoms with Crippen LogP contribution in [0.25, 0.3) is 22.3 Å². The first-order valence-corrected chi connectivity index (χ1v) is 10.1. The van der Waals surface area contributed by atoms with Crippen molar-refractivity contribution in [3.8, 4) is 11.4 Å². The summed E-state index contributed by atoms with van der Waals surface area (Å²) in [6, 6.07) is 10.1. The average molecular weight is 366 g/mol. The highest BCUT2D eigenvalue weighted by atomic mass is 32.1. The van der Waals surface area contributed by atoms with Crippen LogP contribution in [-0.4, -0.2) is 40.4 Å². The lowest BCUT2D eigenvalue weighted by molar-refractivity contribution is -0.130. The Bertz CT molecular complexity index is 894. The Morgan fingerprint density at radius 1 is 1.12 bits per heavy atom. The van der Waals surface area contributed by atoms with Crippen LogP contribution in [0.5, 0.6) is 0 Å². The first-order valence-electron chi connectivity index (χ1n) is 9.12. The number of hydrogen-bond donors (Lipinski definition) is 1. The molecular weight excluding hydrogens is 344 g/mol. The monoisotopic (exact) mass is 366 g/mol. The summed E-state index contributed by atoms with van der Waals surface area (Å²) >= 11 is 1.64. The molecule has 1 aromatic carbocycles. The lowest BCUT2D eigenvalue weighted by atomic mass is 10.2. The van der Waals surface area contributed by atoms with Gasteiger partial charge in [0.1, 0.15) is 5.82 Å². The number of carbonyl (C=O) groups excluding carboxylic acids is 1. The zero-order valence-electron chi connectivity index (χ0n) is 14.6. The van der Waals surface area contributed by atoms with Crippen LogP contribution in [0.1, 0.15) is 25.7 Å².